The highest BCUT2D eigenvalue weighted by atomic mass is 16.6. The zero-order valence-corrected chi connectivity index (χ0v) is 16.6. The second-order valence-corrected chi connectivity index (χ2v) is 7.15. The Labute approximate surface area is 172 Å². The largest absolute Gasteiger partial charge is 0.387 e. The second-order valence-electron chi connectivity index (χ2n) is 7.15. The molecule has 1 amide bonds. The number of carbonyl (C=O) groups excluding carboxylic acids is 1. The number of aliphatic hydroxyl groups is 2. The Bertz CT molecular complexity index is 1030. The predicted molar refractivity (Wildman–Crippen MR) is 108 cm³/mol. The Morgan fingerprint density at radius 3 is 2.70 bits per heavy atom. The number of likely N-dealkylation sites (N-methyl/N-ethyl adjacent to an activating group) is 1. The molecule has 4 N–H and O–H groups in total. The van der Waals surface area contributed by atoms with Crippen molar-refractivity contribution in [2.45, 2.75) is 44.4 Å². The van der Waals surface area contributed by atoms with Crippen molar-refractivity contribution < 1.29 is 19.7 Å². The molecule has 30 heavy (non-hydrogen) atoms. The van der Waals surface area contributed by atoms with Crippen LogP contribution in [0.4, 0.5) is 5.82 Å². The molecule has 3 heterocycles. The number of hydrogen-bond acceptors (Lipinski definition) is 8. The third-order valence-electron chi connectivity index (χ3n) is 5.13. The molecule has 10 nitrogen and oxygen atoms in total. The fraction of sp³-hybridized carbons (Fsp3) is 0.400. The van der Waals surface area contributed by atoms with Crippen molar-refractivity contribution in [3.8, 4) is 0 Å². The molecule has 0 aliphatic carbocycles. The van der Waals surface area contributed by atoms with Gasteiger partial charge in [-0.1, -0.05) is 30.3 Å². The summed E-state index contributed by atoms with van der Waals surface area (Å²) in [6.45, 7) is 4.16. The molecule has 2 aromatic heterocycles. The van der Waals surface area contributed by atoms with E-state index in [1.807, 2.05) is 37.3 Å². The molecular formula is C20H24N6O4. The Balaban J connectivity index is 1.61. The van der Waals surface area contributed by atoms with Crippen LogP contribution in [0.1, 0.15) is 31.7 Å². The molecule has 10 heteroatoms. The average molecular weight is 412 g/mol. The average Bonchev–Trinajstić information content (AvgIpc) is 3.31. The molecule has 1 fully saturated rings. The Hall–Kier alpha value is -3.08. The number of benzene rings is 1. The Morgan fingerprint density at radius 2 is 1.97 bits per heavy atom. The minimum absolute atomic E-state index is 0.0216. The first kappa shape index (κ1) is 20.2. The van der Waals surface area contributed by atoms with Crippen molar-refractivity contribution >= 4 is 22.9 Å². The van der Waals surface area contributed by atoms with E-state index in [0.29, 0.717) is 23.5 Å². The molecule has 1 aliphatic rings. The second kappa shape index (κ2) is 8.34. The molecule has 0 bridgehead atoms. The van der Waals surface area contributed by atoms with Gasteiger partial charge in [-0.05, 0) is 19.4 Å². The van der Waals surface area contributed by atoms with Gasteiger partial charge < -0.3 is 25.6 Å². The summed E-state index contributed by atoms with van der Waals surface area (Å²) < 4.78 is 7.18. The van der Waals surface area contributed by atoms with Gasteiger partial charge in [0.15, 0.2) is 29.3 Å². The lowest BCUT2D eigenvalue weighted by molar-refractivity contribution is -0.137. The zero-order valence-electron chi connectivity index (χ0n) is 16.6. The van der Waals surface area contributed by atoms with Crippen molar-refractivity contribution in [1.29, 1.82) is 0 Å². The van der Waals surface area contributed by atoms with Gasteiger partial charge in [0.2, 0.25) is 0 Å². The minimum atomic E-state index is -1.36. The third kappa shape index (κ3) is 3.60. The smallest absolute Gasteiger partial charge is 0.252 e. The van der Waals surface area contributed by atoms with Gasteiger partial charge in [0.1, 0.15) is 18.5 Å². The van der Waals surface area contributed by atoms with Gasteiger partial charge in [-0.15, -0.1) is 0 Å². The van der Waals surface area contributed by atoms with E-state index in [0.717, 1.165) is 5.56 Å². The van der Waals surface area contributed by atoms with Gasteiger partial charge in [-0.25, -0.2) is 15.0 Å². The number of anilines is 1. The van der Waals surface area contributed by atoms with E-state index in [9.17, 15) is 15.0 Å². The van der Waals surface area contributed by atoms with E-state index >= 15 is 0 Å². The van der Waals surface area contributed by atoms with Gasteiger partial charge in [-0.2, -0.15) is 0 Å². The molecule has 1 aliphatic heterocycles. The van der Waals surface area contributed by atoms with Crippen molar-refractivity contribution in [1.82, 2.24) is 24.8 Å². The van der Waals surface area contributed by atoms with Crippen LogP contribution in [-0.4, -0.2) is 60.5 Å². The summed E-state index contributed by atoms with van der Waals surface area (Å²) in [5, 5.41) is 26.7. The SMILES string of the molecule is CCNC(=O)[C@H]1O[C@@H](n2cnc3c(N[C@@H](C)c4ccccc4)ncnc32)[C@H](O)[C@@H]1O. The molecule has 158 valence electrons. The monoisotopic (exact) mass is 412 g/mol. The predicted octanol–water partition coefficient (Wildman–Crippen LogP) is 0.755. The zero-order chi connectivity index (χ0) is 21.3. The number of hydrogen-bond donors (Lipinski definition) is 4. The van der Waals surface area contributed by atoms with Crippen LogP contribution in [0, 0.1) is 0 Å². The maximum Gasteiger partial charge on any atom is 0.252 e. The van der Waals surface area contributed by atoms with Crippen molar-refractivity contribution in [3.05, 3.63) is 48.5 Å². The number of rotatable bonds is 6. The Morgan fingerprint density at radius 1 is 1.20 bits per heavy atom. The van der Waals surface area contributed by atoms with Crippen LogP contribution in [0.25, 0.3) is 11.2 Å². The van der Waals surface area contributed by atoms with E-state index in [1.54, 1.807) is 6.92 Å². The lowest BCUT2D eigenvalue weighted by atomic mass is 10.1. The highest BCUT2D eigenvalue weighted by Crippen LogP contribution is 2.33. The number of nitrogens with one attached hydrogen (secondary N) is 2. The van der Waals surface area contributed by atoms with Crippen LogP contribution in [0.5, 0.6) is 0 Å². The van der Waals surface area contributed by atoms with Gasteiger partial charge >= 0.3 is 0 Å². The fourth-order valence-electron chi connectivity index (χ4n) is 3.55. The van der Waals surface area contributed by atoms with Crippen LogP contribution in [0.2, 0.25) is 0 Å². The number of nitrogens with zero attached hydrogens (tertiary/aromatic N) is 4. The molecular weight excluding hydrogens is 388 g/mol. The topological polar surface area (TPSA) is 134 Å². The molecule has 0 radical (unpaired) electrons. The number of carbonyl (C=O) groups is 1. The van der Waals surface area contributed by atoms with E-state index < -0.39 is 30.4 Å². The van der Waals surface area contributed by atoms with E-state index in [1.165, 1.54) is 17.2 Å². The molecule has 1 saturated heterocycles. The third-order valence-corrected chi connectivity index (χ3v) is 5.13. The van der Waals surface area contributed by atoms with E-state index in [4.69, 9.17) is 4.74 Å². The lowest BCUT2D eigenvalue weighted by Crippen LogP contribution is -2.42. The highest BCUT2D eigenvalue weighted by molar-refractivity contribution is 5.83. The first-order chi connectivity index (χ1) is 14.5. The van der Waals surface area contributed by atoms with Crippen LogP contribution >= 0.6 is 0 Å². The molecule has 3 aromatic rings. The first-order valence-electron chi connectivity index (χ1n) is 9.79. The summed E-state index contributed by atoms with van der Waals surface area (Å²) in [4.78, 5) is 25.1. The summed E-state index contributed by atoms with van der Waals surface area (Å²) in [6.07, 6.45) is -2.02. The van der Waals surface area contributed by atoms with E-state index in [2.05, 4.69) is 25.6 Å². The summed E-state index contributed by atoms with van der Waals surface area (Å²) in [7, 11) is 0. The number of ether oxygens (including phenoxy) is 1. The summed E-state index contributed by atoms with van der Waals surface area (Å²) in [5.74, 6) is 0.0491. The first-order valence-corrected chi connectivity index (χ1v) is 9.79. The van der Waals surface area contributed by atoms with Gasteiger partial charge in [-0.3, -0.25) is 9.36 Å². The van der Waals surface area contributed by atoms with E-state index in [-0.39, 0.29) is 6.04 Å². The Kier molecular flexibility index (Phi) is 5.62. The van der Waals surface area contributed by atoms with Crippen molar-refractivity contribution in [2.75, 3.05) is 11.9 Å². The lowest BCUT2D eigenvalue weighted by Gasteiger charge is -2.17. The van der Waals surface area contributed by atoms with Crippen molar-refractivity contribution in [3.63, 3.8) is 0 Å². The van der Waals surface area contributed by atoms with Crippen LogP contribution in [-0.2, 0) is 9.53 Å². The van der Waals surface area contributed by atoms with Crippen molar-refractivity contribution in [2.24, 2.45) is 0 Å². The molecule has 5 atom stereocenters. The minimum Gasteiger partial charge on any atom is -0.387 e. The molecule has 0 spiro atoms. The van der Waals surface area contributed by atoms with Crippen LogP contribution in [0.15, 0.2) is 43.0 Å². The standard InChI is InChI=1S/C20H24N6O4/c1-3-21-19(29)16-14(27)15(28)20(30-16)26-10-24-13-17(22-9-23-18(13)26)25-11(2)12-7-5-4-6-8-12/h4-11,14-16,20,27-28H,3H2,1-2H3,(H,21,29)(H,22,23,25)/t11-,14-,15+,16-,20+/m0/s1. The molecule has 4 rings (SSSR count). The number of aliphatic hydroxyl groups excluding tert-OH is 2. The normalized spacial score (nSPS) is 24.7. The quantitative estimate of drug-likeness (QED) is 0.466. The summed E-state index contributed by atoms with van der Waals surface area (Å²) in [5.41, 5.74) is 2.00. The van der Waals surface area contributed by atoms with Gasteiger partial charge in [0.25, 0.3) is 5.91 Å². The van der Waals surface area contributed by atoms with Crippen LogP contribution < -0.4 is 10.6 Å². The molecule has 1 aromatic carbocycles. The summed E-state index contributed by atoms with van der Waals surface area (Å²) >= 11 is 0. The van der Waals surface area contributed by atoms with Crippen LogP contribution in [0.3, 0.4) is 0 Å². The summed E-state index contributed by atoms with van der Waals surface area (Å²) in [6, 6.07) is 9.89. The maximum absolute atomic E-state index is 12.1. The molecule has 0 saturated carbocycles. The highest BCUT2D eigenvalue weighted by Gasteiger charge is 2.47. The number of aromatic nitrogens is 4. The number of fused-ring (bicyclic) bond motifs is 1. The molecule has 0 unspecified atom stereocenters. The maximum atomic E-state index is 12.1. The number of amides is 1. The van der Waals surface area contributed by atoms with Gasteiger partial charge in [0, 0.05) is 6.54 Å². The number of imidazole rings is 1. The fourth-order valence-corrected chi connectivity index (χ4v) is 3.55. The van der Waals surface area contributed by atoms with Gasteiger partial charge in [0.05, 0.1) is 12.4 Å².